The molecule has 2 aromatic carbocycles. The average Bonchev–Trinajstić information content (AvgIpc) is 3.03. The van der Waals surface area contributed by atoms with Crippen LogP contribution >= 0.6 is 0 Å². The van der Waals surface area contributed by atoms with Gasteiger partial charge < -0.3 is 9.88 Å². The number of aromatic nitrogens is 2. The first kappa shape index (κ1) is 19.2. The Morgan fingerprint density at radius 1 is 1.07 bits per heavy atom. The Balaban J connectivity index is 1.87. The molecule has 27 heavy (non-hydrogen) atoms. The van der Waals surface area contributed by atoms with E-state index in [1.165, 1.54) is 11.1 Å². The monoisotopic (exact) mass is 363 g/mol. The first-order valence-electron chi connectivity index (χ1n) is 9.80. The Labute approximate surface area is 161 Å². The van der Waals surface area contributed by atoms with Gasteiger partial charge in [-0.15, -0.1) is 0 Å². The molecule has 0 aliphatic rings. The SMILES string of the molecule is CCC(C)c1ccc(Cn2c(CNC(=O)C(C)C)nc3ccccc32)cc1. The molecule has 0 aliphatic carbocycles. The van der Waals surface area contributed by atoms with Crippen LogP contribution in [0.3, 0.4) is 0 Å². The van der Waals surface area contributed by atoms with E-state index in [1.54, 1.807) is 0 Å². The molecule has 0 fully saturated rings. The van der Waals surface area contributed by atoms with Crippen LogP contribution in [-0.2, 0) is 17.9 Å². The lowest BCUT2D eigenvalue weighted by Gasteiger charge is -2.13. The maximum Gasteiger partial charge on any atom is 0.222 e. The van der Waals surface area contributed by atoms with Gasteiger partial charge in [-0.05, 0) is 35.6 Å². The van der Waals surface area contributed by atoms with Crippen molar-refractivity contribution in [1.82, 2.24) is 14.9 Å². The minimum Gasteiger partial charge on any atom is -0.349 e. The van der Waals surface area contributed by atoms with Crippen LogP contribution < -0.4 is 5.32 Å². The van der Waals surface area contributed by atoms with Crippen molar-refractivity contribution in [3.05, 3.63) is 65.5 Å². The van der Waals surface area contributed by atoms with Crippen LogP contribution in [0, 0.1) is 5.92 Å². The number of hydrogen-bond acceptors (Lipinski definition) is 2. The number of nitrogens with zero attached hydrogens (tertiary/aromatic N) is 2. The lowest BCUT2D eigenvalue weighted by molar-refractivity contribution is -0.124. The summed E-state index contributed by atoms with van der Waals surface area (Å²) >= 11 is 0. The van der Waals surface area contributed by atoms with Gasteiger partial charge >= 0.3 is 0 Å². The van der Waals surface area contributed by atoms with Crippen LogP contribution in [0.15, 0.2) is 48.5 Å². The zero-order valence-corrected chi connectivity index (χ0v) is 16.7. The minimum atomic E-state index is -0.0315. The molecule has 0 aliphatic heterocycles. The van der Waals surface area contributed by atoms with Crippen LogP contribution in [0.25, 0.3) is 11.0 Å². The molecular weight excluding hydrogens is 334 g/mol. The lowest BCUT2D eigenvalue weighted by Crippen LogP contribution is -2.28. The summed E-state index contributed by atoms with van der Waals surface area (Å²) in [5.74, 6) is 1.48. The summed E-state index contributed by atoms with van der Waals surface area (Å²) in [6, 6.07) is 17.0. The largest absolute Gasteiger partial charge is 0.349 e. The van der Waals surface area contributed by atoms with Crippen molar-refractivity contribution in [1.29, 1.82) is 0 Å². The van der Waals surface area contributed by atoms with Crippen molar-refractivity contribution in [2.24, 2.45) is 5.92 Å². The molecule has 4 heteroatoms. The average molecular weight is 364 g/mol. The fourth-order valence-corrected chi connectivity index (χ4v) is 3.18. The van der Waals surface area contributed by atoms with Gasteiger partial charge in [0.25, 0.3) is 0 Å². The molecule has 4 nitrogen and oxygen atoms in total. The molecule has 3 aromatic rings. The van der Waals surface area contributed by atoms with E-state index in [0.717, 1.165) is 29.8 Å². The highest BCUT2D eigenvalue weighted by Gasteiger charge is 2.13. The number of para-hydroxylation sites is 2. The molecular formula is C23H29N3O. The quantitative estimate of drug-likeness (QED) is 0.651. The molecule has 1 aromatic heterocycles. The molecule has 0 bridgehead atoms. The third-order valence-corrected chi connectivity index (χ3v) is 5.18. The summed E-state index contributed by atoms with van der Waals surface area (Å²) in [7, 11) is 0. The van der Waals surface area contributed by atoms with Gasteiger partial charge in [-0.2, -0.15) is 0 Å². The van der Waals surface area contributed by atoms with Crippen molar-refractivity contribution >= 4 is 16.9 Å². The molecule has 1 amide bonds. The van der Waals surface area contributed by atoms with E-state index in [2.05, 4.69) is 54.1 Å². The van der Waals surface area contributed by atoms with Crippen molar-refractivity contribution < 1.29 is 4.79 Å². The Morgan fingerprint density at radius 2 is 1.78 bits per heavy atom. The maximum atomic E-state index is 12.0. The number of nitrogens with one attached hydrogen (secondary N) is 1. The molecule has 142 valence electrons. The third-order valence-electron chi connectivity index (χ3n) is 5.18. The Morgan fingerprint density at radius 3 is 2.44 bits per heavy atom. The van der Waals surface area contributed by atoms with Crippen molar-refractivity contribution in [2.75, 3.05) is 0 Å². The van der Waals surface area contributed by atoms with E-state index in [1.807, 2.05) is 32.0 Å². The predicted octanol–water partition coefficient (Wildman–Crippen LogP) is 4.87. The number of hydrogen-bond donors (Lipinski definition) is 1. The Kier molecular flexibility index (Phi) is 5.94. The second kappa shape index (κ2) is 8.38. The lowest BCUT2D eigenvalue weighted by atomic mass is 9.98. The van der Waals surface area contributed by atoms with Gasteiger partial charge in [0.05, 0.1) is 17.6 Å². The van der Waals surface area contributed by atoms with Gasteiger partial charge in [0.15, 0.2) is 0 Å². The van der Waals surface area contributed by atoms with Crippen molar-refractivity contribution in [3.63, 3.8) is 0 Å². The summed E-state index contributed by atoms with van der Waals surface area (Å²) in [4.78, 5) is 16.7. The highest BCUT2D eigenvalue weighted by molar-refractivity contribution is 5.78. The maximum absolute atomic E-state index is 12.0. The van der Waals surface area contributed by atoms with Gasteiger partial charge in [0.1, 0.15) is 5.82 Å². The van der Waals surface area contributed by atoms with Crippen LogP contribution in [0.4, 0.5) is 0 Å². The highest BCUT2D eigenvalue weighted by Crippen LogP contribution is 2.21. The fourth-order valence-electron chi connectivity index (χ4n) is 3.18. The molecule has 0 saturated carbocycles. The van der Waals surface area contributed by atoms with Gasteiger partial charge in [-0.1, -0.05) is 64.1 Å². The van der Waals surface area contributed by atoms with Gasteiger partial charge in [-0.25, -0.2) is 4.98 Å². The summed E-state index contributed by atoms with van der Waals surface area (Å²) in [6.07, 6.45) is 1.14. The number of carbonyl (C=O) groups excluding carboxylic acids is 1. The topological polar surface area (TPSA) is 46.9 Å². The molecule has 0 radical (unpaired) electrons. The standard InChI is InChI=1S/C23H29N3O/c1-5-17(4)19-12-10-18(11-13-19)15-26-21-9-7-6-8-20(21)25-22(26)14-24-23(27)16(2)3/h6-13,16-17H,5,14-15H2,1-4H3,(H,24,27). The molecule has 1 atom stereocenters. The first-order chi connectivity index (χ1) is 13.0. The van der Waals surface area contributed by atoms with E-state index in [-0.39, 0.29) is 11.8 Å². The Hall–Kier alpha value is -2.62. The summed E-state index contributed by atoms with van der Waals surface area (Å²) < 4.78 is 2.20. The number of carbonyl (C=O) groups is 1. The fraction of sp³-hybridized carbons (Fsp3) is 0.391. The van der Waals surface area contributed by atoms with Crippen LogP contribution in [-0.4, -0.2) is 15.5 Å². The van der Waals surface area contributed by atoms with Gasteiger partial charge in [0, 0.05) is 12.5 Å². The second-order valence-corrected chi connectivity index (χ2v) is 7.53. The van der Waals surface area contributed by atoms with Gasteiger partial charge in [-0.3, -0.25) is 4.79 Å². The van der Waals surface area contributed by atoms with E-state index in [4.69, 9.17) is 4.98 Å². The normalized spacial score (nSPS) is 12.5. The molecule has 1 unspecified atom stereocenters. The van der Waals surface area contributed by atoms with Crippen molar-refractivity contribution in [3.8, 4) is 0 Å². The van der Waals surface area contributed by atoms with E-state index >= 15 is 0 Å². The molecule has 0 saturated heterocycles. The molecule has 1 heterocycles. The molecule has 3 rings (SSSR count). The number of imidazole rings is 1. The summed E-state index contributed by atoms with van der Waals surface area (Å²) in [5.41, 5.74) is 4.67. The summed E-state index contributed by atoms with van der Waals surface area (Å²) in [5, 5.41) is 2.99. The first-order valence-corrected chi connectivity index (χ1v) is 9.80. The zero-order chi connectivity index (χ0) is 19.4. The van der Waals surface area contributed by atoms with Crippen LogP contribution in [0.1, 0.15) is 57.0 Å². The van der Waals surface area contributed by atoms with E-state index in [0.29, 0.717) is 12.5 Å². The molecule has 1 N–H and O–H groups in total. The van der Waals surface area contributed by atoms with E-state index in [9.17, 15) is 4.79 Å². The third kappa shape index (κ3) is 4.38. The highest BCUT2D eigenvalue weighted by atomic mass is 16.1. The van der Waals surface area contributed by atoms with E-state index < -0.39 is 0 Å². The smallest absolute Gasteiger partial charge is 0.222 e. The number of rotatable bonds is 7. The summed E-state index contributed by atoms with van der Waals surface area (Å²) in [6.45, 7) is 9.46. The number of amides is 1. The second-order valence-electron chi connectivity index (χ2n) is 7.53. The number of fused-ring (bicyclic) bond motifs is 1. The van der Waals surface area contributed by atoms with Gasteiger partial charge in [0.2, 0.25) is 5.91 Å². The zero-order valence-electron chi connectivity index (χ0n) is 16.7. The molecule has 0 spiro atoms. The van der Waals surface area contributed by atoms with Crippen molar-refractivity contribution in [2.45, 2.75) is 53.1 Å². The Bertz CT molecular complexity index is 909. The van der Waals surface area contributed by atoms with Crippen LogP contribution in [0.5, 0.6) is 0 Å². The number of benzene rings is 2. The van der Waals surface area contributed by atoms with Crippen LogP contribution in [0.2, 0.25) is 0 Å². The minimum absolute atomic E-state index is 0.0315. The predicted molar refractivity (Wildman–Crippen MR) is 111 cm³/mol.